The maximum absolute atomic E-state index is 5.01. The molecule has 0 spiro atoms. The Morgan fingerprint density at radius 1 is 1.35 bits per heavy atom. The predicted octanol–water partition coefficient (Wildman–Crippen LogP) is 3.44. The molecule has 1 aromatic carbocycles. The first kappa shape index (κ1) is 12.3. The van der Waals surface area contributed by atoms with Crippen molar-refractivity contribution >= 4 is 26.7 Å². The number of rotatable bonds is 6. The molecule has 2 aromatic rings. The van der Waals surface area contributed by atoms with Crippen molar-refractivity contribution in [2.75, 3.05) is 25.6 Å². The zero-order valence-electron chi connectivity index (χ0n) is 10.3. The van der Waals surface area contributed by atoms with Gasteiger partial charge in [0, 0.05) is 20.3 Å². The van der Waals surface area contributed by atoms with E-state index in [9.17, 15) is 0 Å². The van der Waals surface area contributed by atoms with Crippen LogP contribution in [0.3, 0.4) is 0 Å². The first-order chi connectivity index (χ1) is 8.29. The quantitative estimate of drug-likeness (QED) is 0.797. The standard InChI is InChI=1S/C13H18N2OS/c1-10-5-6-11-12(9-10)17-13(15-11)14-7-3-4-8-16-2/h5-6,9H,3-4,7-8H2,1-2H3,(H,14,15). The smallest absolute Gasteiger partial charge is 0.183 e. The van der Waals surface area contributed by atoms with Crippen molar-refractivity contribution in [1.82, 2.24) is 4.98 Å². The highest BCUT2D eigenvalue weighted by Crippen LogP contribution is 2.26. The number of ether oxygens (including phenoxy) is 1. The number of benzene rings is 1. The molecule has 0 aliphatic carbocycles. The number of hydrogen-bond acceptors (Lipinski definition) is 4. The van der Waals surface area contributed by atoms with E-state index in [1.165, 1.54) is 10.3 Å². The van der Waals surface area contributed by atoms with Crippen LogP contribution in [0.1, 0.15) is 18.4 Å². The first-order valence-corrected chi connectivity index (χ1v) is 6.71. The van der Waals surface area contributed by atoms with Gasteiger partial charge in [-0.15, -0.1) is 0 Å². The van der Waals surface area contributed by atoms with Crippen LogP contribution >= 0.6 is 11.3 Å². The van der Waals surface area contributed by atoms with Crippen molar-refractivity contribution in [3.8, 4) is 0 Å². The summed E-state index contributed by atoms with van der Waals surface area (Å²) in [5, 5.41) is 4.38. The maximum atomic E-state index is 5.01. The summed E-state index contributed by atoms with van der Waals surface area (Å²) in [5.74, 6) is 0. The number of thiazole rings is 1. The van der Waals surface area contributed by atoms with Gasteiger partial charge in [-0.2, -0.15) is 0 Å². The Bertz CT molecular complexity index is 481. The second kappa shape index (κ2) is 5.98. The van der Waals surface area contributed by atoms with Gasteiger partial charge in [-0.1, -0.05) is 17.4 Å². The summed E-state index contributed by atoms with van der Waals surface area (Å²) in [7, 11) is 1.74. The number of methoxy groups -OCH3 is 1. The summed E-state index contributed by atoms with van der Waals surface area (Å²) in [6, 6.07) is 6.37. The molecule has 1 N–H and O–H groups in total. The third-order valence-corrected chi connectivity index (χ3v) is 3.57. The number of nitrogens with zero attached hydrogens (tertiary/aromatic N) is 1. The highest BCUT2D eigenvalue weighted by atomic mass is 32.1. The lowest BCUT2D eigenvalue weighted by Gasteiger charge is -2.01. The lowest BCUT2D eigenvalue weighted by molar-refractivity contribution is 0.194. The van der Waals surface area contributed by atoms with Crippen LogP contribution < -0.4 is 5.32 Å². The van der Waals surface area contributed by atoms with Gasteiger partial charge < -0.3 is 10.1 Å². The Labute approximate surface area is 106 Å². The summed E-state index contributed by atoms with van der Waals surface area (Å²) < 4.78 is 6.27. The van der Waals surface area contributed by atoms with Crippen molar-refractivity contribution in [3.05, 3.63) is 23.8 Å². The van der Waals surface area contributed by atoms with Crippen LogP contribution in [0.4, 0.5) is 5.13 Å². The molecule has 3 nitrogen and oxygen atoms in total. The van der Waals surface area contributed by atoms with Gasteiger partial charge in [-0.3, -0.25) is 0 Å². The number of aryl methyl sites for hydroxylation is 1. The van der Waals surface area contributed by atoms with E-state index in [1.54, 1.807) is 18.4 Å². The maximum Gasteiger partial charge on any atom is 0.183 e. The molecule has 0 bridgehead atoms. The minimum Gasteiger partial charge on any atom is -0.385 e. The highest BCUT2D eigenvalue weighted by Gasteiger charge is 2.02. The minimum atomic E-state index is 0.834. The van der Waals surface area contributed by atoms with Gasteiger partial charge in [0.1, 0.15) is 0 Å². The third kappa shape index (κ3) is 3.41. The molecule has 0 fully saturated rings. The van der Waals surface area contributed by atoms with E-state index < -0.39 is 0 Å². The summed E-state index contributed by atoms with van der Waals surface area (Å²) in [6.07, 6.45) is 2.20. The fourth-order valence-corrected chi connectivity index (χ4v) is 2.66. The van der Waals surface area contributed by atoms with Crippen molar-refractivity contribution in [3.63, 3.8) is 0 Å². The van der Waals surface area contributed by atoms with Gasteiger partial charge in [0.15, 0.2) is 5.13 Å². The number of nitrogens with one attached hydrogen (secondary N) is 1. The largest absolute Gasteiger partial charge is 0.385 e. The average molecular weight is 250 g/mol. The number of hydrogen-bond donors (Lipinski definition) is 1. The van der Waals surface area contributed by atoms with Crippen LogP contribution in [0, 0.1) is 6.92 Å². The molecule has 0 saturated heterocycles. The Kier molecular flexibility index (Phi) is 4.34. The van der Waals surface area contributed by atoms with Gasteiger partial charge in [0.25, 0.3) is 0 Å². The van der Waals surface area contributed by atoms with E-state index in [2.05, 4.69) is 35.4 Å². The Morgan fingerprint density at radius 2 is 2.24 bits per heavy atom. The molecule has 0 amide bonds. The number of aromatic nitrogens is 1. The molecule has 1 aromatic heterocycles. The molecular weight excluding hydrogens is 232 g/mol. The second-order valence-corrected chi connectivity index (χ2v) is 5.15. The number of fused-ring (bicyclic) bond motifs is 1. The Morgan fingerprint density at radius 3 is 3.06 bits per heavy atom. The Balaban J connectivity index is 1.91. The number of anilines is 1. The molecule has 92 valence electrons. The molecule has 0 radical (unpaired) electrons. The normalized spacial score (nSPS) is 10.9. The topological polar surface area (TPSA) is 34.1 Å². The van der Waals surface area contributed by atoms with E-state index in [0.29, 0.717) is 0 Å². The third-order valence-electron chi connectivity index (χ3n) is 2.60. The van der Waals surface area contributed by atoms with Crippen LogP contribution in [0.5, 0.6) is 0 Å². The van der Waals surface area contributed by atoms with Gasteiger partial charge in [-0.25, -0.2) is 4.98 Å². The van der Waals surface area contributed by atoms with Crippen LogP contribution in [-0.4, -0.2) is 25.2 Å². The molecule has 2 rings (SSSR count). The molecule has 17 heavy (non-hydrogen) atoms. The van der Waals surface area contributed by atoms with Crippen molar-refractivity contribution in [1.29, 1.82) is 0 Å². The summed E-state index contributed by atoms with van der Waals surface area (Å²) in [6.45, 7) is 3.90. The van der Waals surface area contributed by atoms with Crippen molar-refractivity contribution < 1.29 is 4.74 Å². The van der Waals surface area contributed by atoms with Gasteiger partial charge in [0.05, 0.1) is 10.2 Å². The van der Waals surface area contributed by atoms with E-state index in [1.807, 2.05) is 0 Å². The molecule has 0 aliphatic rings. The molecule has 0 atom stereocenters. The lowest BCUT2D eigenvalue weighted by Crippen LogP contribution is -2.02. The monoisotopic (exact) mass is 250 g/mol. The SMILES string of the molecule is COCCCCNc1nc2ccc(C)cc2s1. The molecule has 1 heterocycles. The molecule has 4 heteroatoms. The number of unbranched alkanes of at least 4 members (excludes halogenated alkanes) is 1. The van der Waals surface area contributed by atoms with E-state index in [0.717, 1.165) is 36.6 Å². The van der Waals surface area contributed by atoms with Gasteiger partial charge in [-0.05, 0) is 37.5 Å². The summed E-state index contributed by atoms with van der Waals surface area (Å²) in [5.41, 5.74) is 2.37. The highest BCUT2D eigenvalue weighted by molar-refractivity contribution is 7.22. The predicted molar refractivity (Wildman–Crippen MR) is 74.0 cm³/mol. The first-order valence-electron chi connectivity index (χ1n) is 5.89. The molecule has 0 unspecified atom stereocenters. The zero-order valence-corrected chi connectivity index (χ0v) is 11.1. The van der Waals surface area contributed by atoms with Gasteiger partial charge in [0.2, 0.25) is 0 Å². The van der Waals surface area contributed by atoms with Crippen molar-refractivity contribution in [2.45, 2.75) is 19.8 Å². The van der Waals surface area contributed by atoms with E-state index in [4.69, 9.17) is 4.74 Å². The minimum absolute atomic E-state index is 0.834. The van der Waals surface area contributed by atoms with Crippen LogP contribution in [0.25, 0.3) is 10.2 Å². The van der Waals surface area contributed by atoms with Crippen molar-refractivity contribution in [2.24, 2.45) is 0 Å². The van der Waals surface area contributed by atoms with Crippen LogP contribution in [-0.2, 0) is 4.74 Å². The van der Waals surface area contributed by atoms with E-state index in [-0.39, 0.29) is 0 Å². The second-order valence-electron chi connectivity index (χ2n) is 4.12. The fraction of sp³-hybridized carbons (Fsp3) is 0.462. The Hall–Kier alpha value is -1.13. The fourth-order valence-electron chi connectivity index (χ4n) is 1.67. The summed E-state index contributed by atoms with van der Waals surface area (Å²) in [4.78, 5) is 4.55. The molecule has 0 aliphatic heterocycles. The molecule has 0 saturated carbocycles. The average Bonchev–Trinajstić information content (AvgIpc) is 2.70. The van der Waals surface area contributed by atoms with Gasteiger partial charge >= 0.3 is 0 Å². The zero-order chi connectivity index (χ0) is 12.1. The van der Waals surface area contributed by atoms with Crippen LogP contribution in [0.2, 0.25) is 0 Å². The molecular formula is C13H18N2OS. The summed E-state index contributed by atoms with van der Waals surface area (Å²) >= 11 is 1.72. The lowest BCUT2D eigenvalue weighted by atomic mass is 10.2. The van der Waals surface area contributed by atoms with Crippen LogP contribution in [0.15, 0.2) is 18.2 Å². The van der Waals surface area contributed by atoms with E-state index >= 15 is 0 Å².